The first-order valence-corrected chi connectivity index (χ1v) is 8.17. The quantitative estimate of drug-likeness (QED) is 0.787. The summed E-state index contributed by atoms with van der Waals surface area (Å²) < 4.78 is 19.0. The Morgan fingerprint density at radius 2 is 2.09 bits per heavy atom. The number of amides is 1. The van der Waals surface area contributed by atoms with Gasteiger partial charge in [-0.2, -0.15) is 0 Å². The predicted molar refractivity (Wildman–Crippen MR) is 87.0 cm³/mol. The fourth-order valence-corrected chi connectivity index (χ4v) is 3.27. The number of ether oxygens (including phenoxy) is 1. The zero-order valence-corrected chi connectivity index (χ0v) is 13.5. The highest BCUT2D eigenvalue weighted by Gasteiger charge is 2.44. The summed E-state index contributed by atoms with van der Waals surface area (Å²) in [6.45, 7) is 3.92. The van der Waals surface area contributed by atoms with Gasteiger partial charge in [0.05, 0.1) is 18.4 Å². The van der Waals surface area contributed by atoms with E-state index in [2.05, 4.69) is 10.2 Å². The number of rotatable bonds is 6. The van der Waals surface area contributed by atoms with Crippen LogP contribution in [0, 0.1) is 11.2 Å². The van der Waals surface area contributed by atoms with Crippen LogP contribution in [-0.2, 0) is 0 Å². The van der Waals surface area contributed by atoms with E-state index in [-0.39, 0.29) is 16.7 Å². The van der Waals surface area contributed by atoms with Crippen LogP contribution in [0.5, 0.6) is 5.75 Å². The number of nitrogens with zero attached hydrogens (tertiary/aromatic N) is 1. The van der Waals surface area contributed by atoms with E-state index < -0.39 is 11.7 Å². The van der Waals surface area contributed by atoms with Crippen LogP contribution in [0.15, 0.2) is 12.1 Å². The van der Waals surface area contributed by atoms with E-state index >= 15 is 0 Å². The molecular formula is C17H24FN3O2. The molecule has 1 saturated heterocycles. The first-order valence-electron chi connectivity index (χ1n) is 8.17. The van der Waals surface area contributed by atoms with Gasteiger partial charge in [0.2, 0.25) is 0 Å². The Hall–Kier alpha value is -1.82. The molecule has 6 heteroatoms. The average molecular weight is 321 g/mol. The van der Waals surface area contributed by atoms with Gasteiger partial charge >= 0.3 is 0 Å². The number of hydrogen-bond acceptors (Lipinski definition) is 4. The van der Waals surface area contributed by atoms with Crippen LogP contribution in [0.1, 0.15) is 36.0 Å². The van der Waals surface area contributed by atoms with Crippen LogP contribution < -0.4 is 15.8 Å². The van der Waals surface area contributed by atoms with Crippen LogP contribution in [0.3, 0.4) is 0 Å². The molecule has 1 amide bonds. The predicted octanol–water partition coefficient (Wildman–Crippen LogP) is 2.02. The molecule has 0 unspecified atom stereocenters. The van der Waals surface area contributed by atoms with E-state index in [0.717, 1.165) is 38.5 Å². The minimum atomic E-state index is -0.620. The van der Waals surface area contributed by atoms with E-state index in [0.29, 0.717) is 12.3 Å². The number of nitrogen functional groups attached to an aromatic ring is 1. The molecule has 2 fully saturated rings. The SMILES string of the molecule is COc1cc(C(=O)NCC2(CN3CCCC3)CC2)c(F)cc1N. The molecule has 0 atom stereocenters. The third-order valence-electron chi connectivity index (χ3n) is 4.90. The Morgan fingerprint density at radius 1 is 1.39 bits per heavy atom. The molecule has 0 spiro atoms. The maximum Gasteiger partial charge on any atom is 0.254 e. The Balaban J connectivity index is 1.61. The van der Waals surface area contributed by atoms with Crippen molar-refractivity contribution in [1.29, 1.82) is 0 Å². The molecule has 23 heavy (non-hydrogen) atoms. The van der Waals surface area contributed by atoms with E-state index in [1.807, 2.05) is 0 Å². The van der Waals surface area contributed by atoms with Crippen molar-refractivity contribution in [1.82, 2.24) is 10.2 Å². The number of nitrogens with two attached hydrogens (primary N) is 1. The van der Waals surface area contributed by atoms with Gasteiger partial charge in [-0.3, -0.25) is 4.79 Å². The molecule has 1 aromatic rings. The highest BCUT2D eigenvalue weighted by Crippen LogP contribution is 2.46. The molecule has 3 N–H and O–H groups in total. The first-order chi connectivity index (χ1) is 11.0. The minimum Gasteiger partial charge on any atom is -0.495 e. The second-order valence-electron chi connectivity index (χ2n) is 6.74. The largest absolute Gasteiger partial charge is 0.495 e. The van der Waals surface area contributed by atoms with Crippen molar-refractivity contribution < 1.29 is 13.9 Å². The molecule has 1 saturated carbocycles. The zero-order valence-electron chi connectivity index (χ0n) is 13.5. The van der Waals surface area contributed by atoms with Crippen molar-refractivity contribution in [3.63, 3.8) is 0 Å². The molecule has 0 radical (unpaired) electrons. The fourth-order valence-electron chi connectivity index (χ4n) is 3.27. The number of benzene rings is 1. The lowest BCUT2D eigenvalue weighted by molar-refractivity contribution is 0.0935. The van der Waals surface area contributed by atoms with Gasteiger partial charge in [-0.05, 0) is 44.8 Å². The van der Waals surface area contributed by atoms with Crippen molar-refractivity contribution >= 4 is 11.6 Å². The molecule has 3 rings (SSSR count). The van der Waals surface area contributed by atoms with E-state index in [1.54, 1.807) is 0 Å². The normalized spacial score (nSPS) is 19.6. The Labute approximate surface area is 136 Å². The van der Waals surface area contributed by atoms with E-state index in [4.69, 9.17) is 10.5 Å². The summed E-state index contributed by atoms with van der Waals surface area (Å²) in [5, 5.41) is 2.89. The number of nitrogens with one attached hydrogen (secondary N) is 1. The Bertz CT molecular complexity index is 596. The summed E-state index contributed by atoms with van der Waals surface area (Å²) in [5.41, 5.74) is 5.99. The Kier molecular flexibility index (Phi) is 4.43. The number of halogens is 1. The molecule has 0 aromatic heterocycles. The number of hydrogen-bond donors (Lipinski definition) is 2. The number of anilines is 1. The third-order valence-corrected chi connectivity index (χ3v) is 4.90. The average Bonchev–Trinajstić information content (AvgIpc) is 3.09. The minimum absolute atomic E-state index is 0.0203. The van der Waals surface area contributed by atoms with Crippen LogP contribution in [-0.4, -0.2) is 44.1 Å². The summed E-state index contributed by atoms with van der Waals surface area (Å²) in [4.78, 5) is 14.8. The lowest BCUT2D eigenvalue weighted by Gasteiger charge is -2.23. The van der Waals surface area contributed by atoms with Gasteiger partial charge in [0.1, 0.15) is 11.6 Å². The van der Waals surface area contributed by atoms with Gasteiger partial charge in [0.15, 0.2) is 0 Å². The number of carbonyl (C=O) groups excluding carboxylic acids is 1. The van der Waals surface area contributed by atoms with Gasteiger partial charge in [-0.25, -0.2) is 4.39 Å². The number of likely N-dealkylation sites (tertiary alicyclic amines) is 1. The third kappa shape index (κ3) is 3.58. The summed E-state index contributed by atoms with van der Waals surface area (Å²) >= 11 is 0. The van der Waals surface area contributed by atoms with E-state index in [1.165, 1.54) is 26.0 Å². The van der Waals surface area contributed by atoms with Crippen LogP contribution in [0.25, 0.3) is 0 Å². The standard InChI is InChI=1S/C17H24FN3O2/c1-23-15-8-12(13(18)9-14(15)19)16(22)20-10-17(4-5-17)11-21-6-2-3-7-21/h8-9H,2-7,10-11,19H2,1H3,(H,20,22). The number of carbonyl (C=O) groups is 1. The van der Waals surface area contributed by atoms with Crippen LogP contribution >= 0.6 is 0 Å². The smallest absolute Gasteiger partial charge is 0.254 e. The molecule has 1 aromatic carbocycles. The maximum atomic E-state index is 14.0. The molecule has 2 aliphatic rings. The topological polar surface area (TPSA) is 67.6 Å². The van der Waals surface area contributed by atoms with Gasteiger partial charge < -0.3 is 20.7 Å². The second-order valence-corrected chi connectivity index (χ2v) is 6.74. The molecular weight excluding hydrogens is 297 g/mol. The first kappa shape index (κ1) is 16.1. The van der Waals surface area contributed by atoms with Gasteiger partial charge in [-0.15, -0.1) is 0 Å². The molecule has 5 nitrogen and oxygen atoms in total. The van der Waals surface area contributed by atoms with Crippen molar-refractivity contribution in [3.8, 4) is 5.75 Å². The van der Waals surface area contributed by atoms with Crippen molar-refractivity contribution in [2.24, 2.45) is 5.41 Å². The highest BCUT2D eigenvalue weighted by molar-refractivity contribution is 5.95. The van der Waals surface area contributed by atoms with Crippen molar-refractivity contribution in [2.45, 2.75) is 25.7 Å². The summed E-state index contributed by atoms with van der Waals surface area (Å²) in [5.74, 6) is -0.714. The lowest BCUT2D eigenvalue weighted by Crippen LogP contribution is -2.37. The van der Waals surface area contributed by atoms with Gasteiger partial charge in [0, 0.05) is 24.6 Å². The monoisotopic (exact) mass is 321 g/mol. The summed E-state index contributed by atoms with van der Waals surface area (Å²) in [6, 6.07) is 2.49. The second kappa shape index (κ2) is 6.35. The molecule has 1 aliphatic heterocycles. The Morgan fingerprint density at radius 3 is 2.70 bits per heavy atom. The highest BCUT2D eigenvalue weighted by atomic mass is 19.1. The van der Waals surface area contributed by atoms with Crippen molar-refractivity contribution in [2.75, 3.05) is 39.0 Å². The van der Waals surface area contributed by atoms with E-state index in [9.17, 15) is 9.18 Å². The lowest BCUT2D eigenvalue weighted by atomic mass is 10.1. The van der Waals surface area contributed by atoms with Gasteiger partial charge in [-0.1, -0.05) is 0 Å². The molecule has 1 aliphatic carbocycles. The zero-order chi connectivity index (χ0) is 16.4. The fraction of sp³-hybridized carbons (Fsp3) is 0.588. The molecule has 0 bridgehead atoms. The number of methoxy groups -OCH3 is 1. The van der Waals surface area contributed by atoms with Crippen molar-refractivity contribution in [3.05, 3.63) is 23.5 Å². The van der Waals surface area contributed by atoms with Crippen LogP contribution in [0.2, 0.25) is 0 Å². The summed E-state index contributed by atoms with van der Waals surface area (Å²) in [6.07, 6.45) is 4.77. The van der Waals surface area contributed by atoms with Crippen LogP contribution in [0.4, 0.5) is 10.1 Å². The molecule has 1 heterocycles. The summed E-state index contributed by atoms with van der Waals surface area (Å²) in [7, 11) is 1.44. The molecule has 126 valence electrons. The maximum absolute atomic E-state index is 14.0. The van der Waals surface area contributed by atoms with Gasteiger partial charge in [0.25, 0.3) is 5.91 Å².